The molecule has 2 rings (SSSR count). The summed E-state index contributed by atoms with van der Waals surface area (Å²) in [6.07, 6.45) is -0.601. The van der Waals surface area contributed by atoms with Gasteiger partial charge in [-0.1, -0.05) is 44.2 Å². The molecule has 1 atom stereocenters. The van der Waals surface area contributed by atoms with Gasteiger partial charge in [0.1, 0.15) is 17.5 Å². The van der Waals surface area contributed by atoms with Gasteiger partial charge in [-0.15, -0.1) is 0 Å². The van der Waals surface area contributed by atoms with Crippen molar-refractivity contribution in [3.05, 3.63) is 63.3 Å². The molecule has 0 spiro atoms. The fraction of sp³-hybridized carbons (Fsp3) is 0.455. The highest BCUT2D eigenvalue weighted by Gasteiger charge is 2.28. The molecule has 0 saturated carbocycles. The Morgan fingerprint density at radius 2 is 1.90 bits per heavy atom. The standard InChI is InChI=1S/C22H28N4O3/c1-14(2)18(25-21(28)29-22(4,5)6)19-24-17(12-23)15(3)20(27)26(19)13-16-10-8-7-9-11-16/h7-11,14,18H,13H2,1-6H3,(H,25,28). The number of hydrogen-bond acceptors (Lipinski definition) is 5. The van der Waals surface area contributed by atoms with Gasteiger partial charge in [0.05, 0.1) is 18.2 Å². The number of nitriles is 1. The third-order valence-electron chi connectivity index (χ3n) is 4.33. The van der Waals surface area contributed by atoms with Gasteiger partial charge in [-0.2, -0.15) is 5.26 Å². The Balaban J connectivity index is 2.57. The molecule has 29 heavy (non-hydrogen) atoms. The first-order valence-electron chi connectivity index (χ1n) is 9.58. The topological polar surface area (TPSA) is 97.0 Å². The van der Waals surface area contributed by atoms with Crippen molar-refractivity contribution in [1.82, 2.24) is 14.9 Å². The quantitative estimate of drug-likeness (QED) is 0.831. The molecule has 1 amide bonds. The highest BCUT2D eigenvalue weighted by molar-refractivity contribution is 5.68. The van der Waals surface area contributed by atoms with Crippen LogP contribution in [0.4, 0.5) is 4.79 Å². The number of amides is 1. The van der Waals surface area contributed by atoms with Crippen LogP contribution in [-0.4, -0.2) is 21.2 Å². The molecule has 0 aliphatic carbocycles. The van der Waals surface area contributed by atoms with Crippen molar-refractivity contribution < 1.29 is 9.53 Å². The lowest BCUT2D eigenvalue weighted by molar-refractivity contribution is 0.0484. The summed E-state index contributed by atoms with van der Waals surface area (Å²) in [4.78, 5) is 29.9. The summed E-state index contributed by atoms with van der Waals surface area (Å²) in [6, 6.07) is 10.9. The summed E-state index contributed by atoms with van der Waals surface area (Å²) < 4.78 is 6.90. The van der Waals surface area contributed by atoms with E-state index in [2.05, 4.69) is 10.3 Å². The van der Waals surface area contributed by atoms with Gasteiger partial charge in [-0.05, 0) is 39.2 Å². The minimum atomic E-state index is -0.659. The second-order valence-electron chi connectivity index (χ2n) is 8.30. The molecule has 0 radical (unpaired) electrons. The lowest BCUT2D eigenvalue weighted by Crippen LogP contribution is -2.41. The van der Waals surface area contributed by atoms with Gasteiger partial charge in [0, 0.05) is 0 Å². The van der Waals surface area contributed by atoms with E-state index in [1.165, 1.54) is 4.57 Å². The number of carbonyl (C=O) groups excluding carboxylic acids is 1. The monoisotopic (exact) mass is 396 g/mol. The highest BCUT2D eigenvalue weighted by atomic mass is 16.6. The number of hydrogen-bond donors (Lipinski definition) is 1. The second kappa shape index (κ2) is 8.91. The Kier molecular flexibility index (Phi) is 6.80. The Labute approximate surface area is 171 Å². The Morgan fingerprint density at radius 3 is 2.41 bits per heavy atom. The van der Waals surface area contributed by atoms with Crippen LogP contribution in [0.5, 0.6) is 0 Å². The van der Waals surface area contributed by atoms with E-state index in [4.69, 9.17) is 4.74 Å². The van der Waals surface area contributed by atoms with Crippen LogP contribution in [0.2, 0.25) is 0 Å². The first-order valence-corrected chi connectivity index (χ1v) is 9.58. The van der Waals surface area contributed by atoms with Crippen LogP contribution in [0, 0.1) is 24.2 Å². The van der Waals surface area contributed by atoms with Gasteiger partial charge in [-0.25, -0.2) is 9.78 Å². The van der Waals surface area contributed by atoms with Gasteiger partial charge in [-0.3, -0.25) is 9.36 Å². The van der Waals surface area contributed by atoms with Crippen molar-refractivity contribution in [2.24, 2.45) is 5.92 Å². The van der Waals surface area contributed by atoms with Gasteiger partial charge in [0.25, 0.3) is 5.56 Å². The zero-order valence-corrected chi connectivity index (χ0v) is 17.8. The van der Waals surface area contributed by atoms with Crippen LogP contribution in [0.15, 0.2) is 35.1 Å². The fourth-order valence-electron chi connectivity index (χ4n) is 2.90. The van der Waals surface area contributed by atoms with E-state index in [1.54, 1.807) is 27.7 Å². The van der Waals surface area contributed by atoms with Crippen molar-refractivity contribution in [2.75, 3.05) is 0 Å². The van der Waals surface area contributed by atoms with E-state index in [0.717, 1.165) is 5.56 Å². The molecule has 0 aliphatic rings. The first kappa shape index (κ1) is 22.2. The number of alkyl carbamates (subject to hydrolysis) is 1. The molecular weight excluding hydrogens is 368 g/mol. The third kappa shape index (κ3) is 5.67. The molecule has 1 aromatic heterocycles. The summed E-state index contributed by atoms with van der Waals surface area (Å²) in [5.41, 5.74) is 0.305. The van der Waals surface area contributed by atoms with Crippen LogP contribution >= 0.6 is 0 Å². The minimum Gasteiger partial charge on any atom is -0.444 e. The summed E-state index contributed by atoms with van der Waals surface area (Å²) in [5, 5.41) is 12.3. The van der Waals surface area contributed by atoms with Crippen molar-refractivity contribution in [3.8, 4) is 6.07 Å². The van der Waals surface area contributed by atoms with Crippen LogP contribution in [0.25, 0.3) is 0 Å². The number of carbonyl (C=O) groups is 1. The highest BCUT2D eigenvalue weighted by Crippen LogP contribution is 2.22. The first-order chi connectivity index (χ1) is 13.5. The Hall–Kier alpha value is -3.14. The van der Waals surface area contributed by atoms with E-state index in [-0.39, 0.29) is 29.3 Å². The molecule has 0 aliphatic heterocycles. The molecule has 7 nitrogen and oxygen atoms in total. The van der Waals surface area contributed by atoms with Crippen LogP contribution in [0.3, 0.4) is 0 Å². The lowest BCUT2D eigenvalue weighted by atomic mass is 10.0. The fourth-order valence-corrected chi connectivity index (χ4v) is 2.90. The van der Waals surface area contributed by atoms with Gasteiger partial charge < -0.3 is 10.1 Å². The van der Waals surface area contributed by atoms with E-state index in [9.17, 15) is 14.9 Å². The zero-order valence-electron chi connectivity index (χ0n) is 17.8. The maximum Gasteiger partial charge on any atom is 0.408 e. The average Bonchev–Trinajstić information content (AvgIpc) is 2.63. The van der Waals surface area contributed by atoms with Crippen molar-refractivity contribution >= 4 is 6.09 Å². The molecule has 154 valence electrons. The maximum absolute atomic E-state index is 13.0. The molecule has 0 fully saturated rings. The largest absolute Gasteiger partial charge is 0.444 e. The molecular formula is C22H28N4O3. The number of nitrogens with zero attached hydrogens (tertiary/aromatic N) is 3. The molecule has 0 bridgehead atoms. The molecule has 7 heteroatoms. The molecule has 0 saturated heterocycles. The molecule has 2 aromatic rings. The van der Waals surface area contributed by atoms with Gasteiger partial charge >= 0.3 is 6.09 Å². The molecule has 1 heterocycles. The lowest BCUT2D eigenvalue weighted by Gasteiger charge is -2.27. The average molecular weight is 396 g/mol. The smallest absolute Gasteiger partial charge is 0.408 e. The van der Waals surface area contributed by atoms with E-state index >= 15 is 0 Å². The number of rotatable bonds is 5. The van der Waals surface area contributed by atoms with Crippen molar-refractivity contribution in [2.45, 2.75) is 59.7 Å². The molecule has 1 unspecified atom stereocenters. The number of ether oxygens (including phenoxy) is 1. The van der Waals surface area contributed by atoms with Crippen molar-refractivity contribution in [3.63, 3.8) is 0 Å². The van der Waals surface area contributed by atoms with Crippen LogP contribution in [-0.2, 0) is 11.3 Å². The summed E-state index contributed by atoms with van der Waals surface area (Å²) in [7, 11) is 0. The predicted octanol–water partition coefficient (Wildman–Crippen LogP) is 3.69. The third-order valence-corrected chi connectivity index (χ3v) is 4.33. The van der Waals surface area contributed by atoms with E-state index < -0.39 is 17.7 Å². The Bertz CT molecular complexity index is 967. The van der Waals surface area contributed by atoms with Crippen LogP contribution in [0.1, 0.15) is 63.3 Å². The van der Waals surface area contributed by atoms with Crippen LogP contribution < -0.4 is 10.9 Å². The van der Waals surface area contributed by atoms with Gasteiger partial charge in [0.2, 0.25) is 0 Å². The number of benzene rings is 1. The minimum absolute atomic E-state index is 0.0611. The van der Waals surface area contributed by atoms with Crippen molar-refractivity contribution in [1.29, 1.82) is 5.26 Å². The number of aromatic nitrogens is 2. The second-order valence-corrected chi connectivity index (χ2v) is 8.30. The summed E-state index contributed by atoms with van der Waals surface area (Å²) >= 11 is 0. The molecule has 1 aromatic carbocycles. The van der Waals surface area contributed by atoms with E-state index in [0.29, 0.717) is 5.82 Å². The van der Waals surface area contributed by atoms with E-state index in [1.807, 2.05) is 50.2 Å². The number of nitrogens with one attached hydrogen (secondary N) is 1. The maximum atomic E-state index is 13.0. The normalized spacial score (nSPS) is 12.3. The van der Waals surface area contributed by atoms with Gasteiger partial charge in [0.15, 0.2) is 5.69 Å². The SMILES string of the molecule is Cc1c(C#N)nc(C(NC(=O)OC(C)(C)C)C(C)C)n(Cc2ccccc2)c1=O. The predicted molar refractivity (Wildman–Crippen MR) is 110 cm³/mol. The molecule has 1 N–H and O–H groups in total. The Morgan fingerprint density at radius 1 is 1.28 bits per heavy atom. The zero-order chi connectivity index (χ0) is 21.8. The summed E-state index contributed by atoms with van der Waals surface area (Å²) in [6.45, 7) is 11.0. The summed E-state index contributed by atoms with van der Waals surface area (Å²) in [5.74, 6) is 0.243.